The molecule has 0 radical (unpaired) electrons. The molecule has 6 heteroatoms. The van der Waals surface area contributed by atoms with Crippen LogP contribution in [0.25, 0.3) is 0 Å². The molecule has 146 valence electrons. The maximum Gasteiger partial charge on any atom is 0.484 e. The minimum absolute atomic E-state index is 0.684. The molecular formula is C18H42N2O3Si. The van der Waals surface area contributed by atoms with Crippen LogP contribution in [0.1, 0.15) is 58.3 Å². The highest BCUT2D eigenvalue weighted by atomic mass is 28.3. The van der Waals surface area contributed by atoms with Gasteiger partial charge >= 0.3 is 9.53 Å². The molecule has 0 bridgehead atoms. The van der Waals surface area contributed by atoms with Crippen LogP contribution in [-0.4, -0.2) is 80.4 Å². The number of rotatable bonds is 18. The van der Waals surface area contributed by atoms with Gasteiger partial charge in [-0.1, -0.05) is 51.9 Å². The van der Waals surface area contributed by atoms with Crippen molar-refractivity contribution in [1.29, 1.82) is 0 Å². The van der Waals surface area contributed by atoms with Gasteiger partial charge in [-0.25, -0.2) is 0 Å². The Labute approximate surface area is 152 Å². The van der Waals surface area contributed by atoms with Gasteiger partial charge in [0.2, 0.25) is 0 Å². The number of likely N-dealkylation sites (N-methyl/N-ethyl adjacent to an activating group) is 2. The molecule has 0 amide bonds. The summed E-state index contributed by atoms with van der Waals surface area (Å²) in [7, 11) is 6.22. The molecule has 0 rings (SSSR count). The predicted molar refractivity (Wildman–Crippen MR) is 105 cm³/mol. The fourth-order valence-corrected chi connectivity index (χ4v) is 3.47. The Kier molecular flexibility index (Phi) is 17.8. The molecule has 0 aliphatic rings. The first kappa shape index (κ1) is 24.0. The number of unbranched alkanes of at least 4 members (excludes halogenated alkanes) is 7. The highest BCUT2D eigenvalue weighted by Gasteiger charge is 2.15. The third-order valence-corrected chi connectivity index (χ3v) is 5.36. The molecule has 0 aromatic carbocycles. The topological polar surface area (TPSA) is 34.2 Å². The maximum absolute atomic E-state index is 5.91. The van der Waals surface area contributed by atoms with Crippen molar-refractivity contribution in [3.63, 3.8) is 0 Å². The van der Waals surface area contributed by atoms with Crippen molar-refractivity contribution in [3.05, 3.63) is 0 Å². The fraction of sp³-hybridized carbons (Fsp3) is 1.00. The van der Waals surface area contributed by atoms with Crippen LogP contribution >= 0.6 is 0 Å². The summed E-state index contributed by atoms with van der Waals surface area (Å²) in [5.74, 6) is 0. The number of nitrogens with zero attached hydrogens (tertiary/aromatic N) is 2. The van der Waals surface area contributed by atoms with E-state index < -0.39 is 9.53 Å². The molecular weight excluding hydrogens is 320 g/mol. The van der Waals surface area contributed by atoms with Crippen molar-refractivity contribution in [1.82, 2.24) is 9.80 Å². The van der Waals surface area contributed by atoms with Crippen molar-refractivity contribution in [2.24, 2.45) is 0 Å². The monoisotopic (exact) mass is 362 g/mol. The minimum atomic E-state index is -1.98. The Morgan fingerprint density at radius 2 is 1.00 bits per heavy atom. The number of hydrogen-bond donors (Lipinski definition) is 0. The average Bonchev–Trinajstić information content (AvgIpc) is 2.52. The molecule has 5 nitrogen and oxygen atoms in total. The Bertz CT molecular complexity index is 242. The smallest absolute Gasteiger partial charge is 0.376 e. The van der Waals surface area contributed by atoms with Gasteiger partial charge in [0.25, 0.3) is 0 Å². The van der Waals surface area contributed by atoms with Gasteiger partial charge in [0.15, 0.2) is 0 Å². The van der Waals surface area contributed by atoms with Gasteiger partial charge in [-0.15, -0.1) is 0 Å². The summed E-state index contributed by atoms with van der Waals surface area (Å²) in [6, 6.07) is 0. The van der Waals surface area contributed by atoms with Crippen LogP contribution in [-0.2, 0) is 13.3 Å². The first-order valence-electron chi connectivity index (χ1n) is 9.70. The first-order valence-corrected chi connectivity index (χ1v) is 11.1. The van der Waals surface area contributed by atoms with Crippen LogP contribution < -0.4 is 0 Å². The van der Waals surface area contributed by atoms with Gasteiger partial charge < -0.3 is 23.1 Å². The van der Waals surface area contributed by atoms with Crippen LogP contribution in [0.4, 0.5) is 0 Å². The number of hydrogen-bond acceptors (Lipinski definition) is 5. The van der Waals surface area contributed by atoms with Gasteiger partial charge in [0, 0.05) is 19.7 Å². The molecule has 0 saturated heterocycles. The minimum Gasteiger partial charge on any atom is -0.376 e. The van der Waals surface area contributed by atoms with Crippen molar-refractivity contribution >= 4 is 9.53 Å². The molecule has 0 saturated carbocycles. The highest BCUT2D eigenvalue weighted by Crippen LogP contribution is 2.08. The summed E-state index contributed by atoms with van der Waals surface area (Å²) < 4.78 is 17.6. The van der Waals surface area contributed by atoms with Crippen molar-refractivity contribution < 1.29 is 13.3 Å². The van der Waals surface area contributed by atoms with Gasteiger partial charge in [0.1, 0.15) is 0 Å². The standard InChI is InChI=1S/C18H42N2O3Si/c1-6-7-8-9-10-11-12-13-16-21-24(22-17-14-19(2)3)23-18-15-20(4)5/h24H,6-18H2,1-5H3. The van der Waals surface area contributed by atoms with E-state index in [-0.39, 0.29) is 0 Å². The van der Waals surface area contributed by atoms with Crippen LogP contribution in [0.3, 0.4) is 0 Å². The van der Waals surface area contributed by atoms with Gasteiger partial charge in [-0.3, -0.25) is 0 Å². The van der Waals surface area contributed by atoms with E-state index in [2.05, 4.69) is 16.7 Å². The molecule has 0 N–H and O–H groups in total. The zero-order valence-corrected chi connectivity index (χ0v) is 18.0. The second-order valence-electron chi connectivity index (χ2n) is 6.98. The molecule has 0 heterocycles. The molecule has 0 unspecified atom stereocenters. The Morgan fingerprint density at radius 1 is 0.583 bits per heavy atom. The molecule has 0 aromatic heterocycles. The summed E-state index contributed by atoms with van der Waals surface area (Å²) in [4.78, 5) is 4.23. The summed E-state index contributed by atoms with van der Waals surface area (Å²) in [6.07, 6.45) is 10.5. The van der Waals surface area contributed by atoms with E-state index in [1.54, 1.807) is 0 Å². The van der Waals surface area contributed by atoms with Gasteiger partial charge in [-0.05, 0) is 34.6 Å². The molecule has 0 aromatic rings. The lowest BCUT2D eigenvalue weighted by Crippen LogP contribution is -2.33. The fourth-order valence-electron chi connectivity index (χ4n) is 2.22. The van der Waals surface area contributed by atoms with E-state index >= 15 is 0 Å². The third-order valence-electron chi connectivity index (χ3n) is 3.84. The summed E-state index contributed by atoms with van der Waals surface area (Å²) in [6.45, 7) is 6.21. The van der Waals surface area contributed by atoms with Crippen LogP contribution in [0.5, 0.6) is 0 Å². The second-order valence-corrected chi connectivity index (χ2v) is 8.56. The lowest BCUT2D eigenvalue weighted by atomic mass is 10.1. The first-order chi connectivity index (χ1) is 11.6. The van der Waals surface area contributed by atoms with Crippen molar-refractivity contribution in [3.8, 4) is 0 Å². The summed E-state index contributed by atoms with van der Waals surface area (Å²) in [5.41, 5.74) is 0. The molecule has 0 aliphatic heterocycles. The Balaban J connectivity index is 3.69. The third kappa shape index (κ3) is 18.4. The van der Waals surface area contributed by atoms with E-state index in [1.807, 2.05) is 28.2 Å². The molecule has 0 atom stereocenters. The average molecular weight is 363 g/mol. The van der Waals surface area contributed by atoms with Crippen molar-refractivity contribution in [2.45, 2.75) is 58.3 Å². The Morgan fingerprint density at radius 3 is 1.46 bits per heavy atom. The SMILES string of the molecule is CCCCCCCCCCO[SiH](OCCN(C)C)OCCN(C)C. The van der Waals surface area contributed by atoms with E-state index in [1.165, 1.54) is 44.9 Å². The van der Waals surface area contributed by atoms with Crippen LogP contribution in [0.15, 0.2) is 0 Å². The lowest BCUT2D eigenvalue weighted by molar-refractivity contribution is 0.0814. The zero-order chi connectivity index (χ0) is 18.0. The van der Waals surface area contributed by atoms with E-state index in [4.69, 9.17) is 13.3 Å². The molecule has 0 aliphatic carbocycles. The second kappa shape index (κ2) is 17.8. The van der Waals surface area contributed by atoms with E-state index in [0.29, 0.717) is 13.2 Å². The molecule has 24 heavy (non-hydrogen) atoms. The van der Waals surface area contributed by atoms with Crippen LogP contribution in [0.2, 0.25) is 0 Å². The van der Waals surface area contributed by atoms with Crippen molar-refractivity contribution in [2.75, 3.05) is 61.1 Å². The molecule has 0 spiro atoms. The summed E-state index contributed by atoms with van der Waals surface area (Å²) in [5, 5.41) is 0. The zero-order valence-electron chi connectivity index (χ0n) is 16.9. The quantitative estimate of drug-likeness (QED) is 0.277. The van der Waals surface area contributed by atoms with Gasteiger partial charge in [0.05, 0.1) is 13.2 Å². The highest BCUT2D eigenvalue weighted by molar-refractivity contribution is 6.36. The maximum atomic E-state index is 5.91. The lowest BCUT2D eigenvalue weighted by Gasteiger charge is -2.19. The van der Waals surface area contributed by atoms with E-state index in [9.17, 15) is 0 Å². The largest absolute Gasteiger partial charge is 0.484 e. The Hall–Kier alpha value is 0.0169. The van der Waals surface area contributed by atoms with Crippen LogP contribution in [0, 0.1) is 0 Å². The molecule has 0 fully saturated rings. The van der Waals surface area contributed by atoms with E-state index in [0.717, 1.165) is 26.1 Å². The summed E-state index contributed by atoms with van der Waals surface area (Å²) >= 11 is 0. The van der Waals surface area contributed by atoms with Gasteiger partial charge in [-0.2, -0.15) is 0 Å². The normalized spacial score (nSPS) is 12.0. The predicted octanol–water partition coefficient (Wildman–Crippen LogP) is 3.02.